The Bertz CT molecular complexity index is 251. The standard InChI is InChI=1S/C7H12N2O4/c1-7(2)5(10)8(12-3)6(11)9(7)13-4/h1-4H3. The fourth-order valence-corrected chi connectivity index (χ4v) is 1.21. The average Bonchev–Trinajstić information content (AvgIpc) is 2.20. The molecule has 0 atom stereocenters. The van der Waals surface area contributed by atoms with Crippen LogP contribution in [-0.4, -0.2) is 41.8 Å². The zero-order valence-electron chi connectivity index (χ0n) is 8.03. The minimum absolute atomic E-state index is 0.443. The van der Waals surface area contributed by atoms with Crippen LogP contribution < -0.4 is 0 Å². The number of carbonyl (C=O) groups excluding carboxylic acids is 2. The fourth-order valence-electron chi connectivity index (χ4n) is 1.21. The molecule has 1 fully saturated rings. The number of amides is 3. The van der Waals surface area contributed by atoms with E-state index in [4.69, 9.17) is 4.84 Å². The molecule has 0 aromatic rings. The molecule has 1 saturated heterocycles. The van der Waals surface area contributed by atoms with Crippen molar-refractivity contribution in [2.45, 2.75) is 19.4 Å². The summed E-state index contributed by atoms with van der Waals surface area (Å²) in [5, 5.41) is 1.64. The molecule has 1 rings (SSSR count). The van der Waals surface area contributed by atoms with Gasteiger partial charge in [-0.1, -0.05) is 0 Å². The lowest BCUT2D eigenvalue weighted by atomic mass is 10.1. The number of urea groups is 1. The van der Waals surface area contributed by atoms with Crippen molar-refractivity contribution in [1.29, 1.82) is 0 Å². The summed E-state index contributed by atoms with van der Waals surface area (Å²) in [6.07, 6.45) is 0. The second-order valence-electron chi connectivity index (χ2n) is 3.10. The number of hydrogen-bond donors (Lipinski definition) is 0. The molecule has 1 heterocycles. The molecule has 13 heavy (non-hydrogen) atoms. The van der Waals surface area contributed by atoms with E-state index in [0.717, 1.165) is 5.06 Å². The van der Waals surface area contributed by atoms with Crippen LogP contribution in [0.25, 0.3) is 0 Å². The van der Waals surface area contributed by atoms with Crippen LogP contribution in [0.4, 0.5) is 4.79 Å². The van der Waals surface area contributed by atoms with Gasteiger partial charge in [0.25, 0.3) is 5.91 Å². The first-order valence-corrected chi connectivity index (χ1v) is 3.73. The summed E-state index contributed by atoms with van der Waals surface area (Å²) in [7, 11) is 2.58. The Labute approximate surface area is 75.9 Å². The van der Waals surface area contributed by atoms with Crippen molar-refractivity contribution in [1.82, 2.24) is 10.1 Å². The minimum atomic E-state index is -1.01. The Hall–Kier alpha value is -1.14. The normalized spacial score (nSPS) is 21.5. The molecule has 0 aromatic heterocycles. The molecule has 0 saturated carbocycles. The summed E-state index contributed by atoms with van der Waals surface area (Å²) < 4.78 is 0. The molecule has 0 aliphatic carbocycles. The van der Waals surface area contributed by atoms with Crippen LogP contribution in [0.1, 0.15) is 13.8 Å². The highest BCUT2D eigenvalue weighted by molar-refractivity contribution is 6.04. The molecule has 0 N–H and O–H groups in total. The molecule has 0 bridgehead atoms. The maximum Gasteiger partial charge on any atom is 0.376 e. The van der Waals surface area contributed by atoms with Crippen molar-refractivity contribution < 1.29 is 19.3 Å². The van der Waals surface area contributed by atoms with Crippen LogP contribution in [0.5, 0.6) is 0 Å². The summed E-state index contributed by atoms with van der Waals surface area (Å²) >= 11 is 0. The lowest BCUT2D eigenvalue weighted by Crippen LogP contribution is -2.43. The summed E-state index contributed by atoms with van der Waals surface area (Å²) in [5.41, 5.74) is -1.01. The highest BCUT2D eigenvalue weighted by Gasteiger charge is 2.53. The van der Waals surface area contributed by atoms with E-state index < -0.39 is 17.5 Å². The second kappa shape index (κ2) is 2.97. The van der Waals surface area contributed by atoms with Crippen molar-refractivity contribution in [2.24, 2.45) is 0 Å². The first-order chi connectivity index (χ1) is 5.96. The molecule has 74 valence electrons. The molecular weight excluding hydrogens is 176 g/mol. The lowest BCUT2D eigenvalue weighted by Gasteiger charge is -2.23. The van der Waals surface area contributed by atoms with Gasteiger partial charge in [-0.3, -0.25) is 14.5 Å². The van der Waals surface area contributed by atoms with Crippen LogP contribution in [0.15, 0.2) is 0 Å². The highest BCUT2D eigenvalue weighted by Crippen LogP contribution is 2.26. The van der Waals surface area contributed by atoms with E-state index in [9.17, 15) is 9.59 Å². The van der Waals surface area contributed by atoms with Gasteiger partial charge in [0.05, 0.1) is 14.2 Å². The molecule has 0 spiro atoms. The summed E-state index contributed by atoms with van der Waals surface area (Å²) in [6.45, 7) is 3.16. The number of hydroxylamine groups is 4. The van der Waals surface area contributed by atoms with Gasteiger partial charge in [-0.05, 0) is 13.8 Å². The molecular formula is C7H12N2O4. The molecule has 3 amide bonds. The number of hydrogen-bond acceptors (Lipinski definition) is 4. The smallest absolute Gasteiger partial charge is 0.272 e. The van der Waals surface area contributed by atoms with Gasteiger partial charge in [0, 0.05) is 0 Å². The van der Waals surface area contributed by atoms with E-state index in [0.29, 0.717) is 5.06 Å². The Morgan fingerprint density at radius 2 is 1.69 bits per heavy atom. The van der Waals surface area contributed by atoms with E-state index in [-0.39, 0.29) is 0 Å². The van der Waals surface area contributed by atoms with Gasteiger partial charge in [0.2, 0.25) is 0 Å². The van der Waals surface area contributed by atoms with E-state index in [1.807, 2.05) is 0 Å². The molecule has 0 unspecified atom stereocenters. The number of nitrogens with zero attached hydrogens (tertiary/aromatic N) is 2. The predicted octanol–water partition coefficient (Wildman–Crippen LogP) is 0.152. The maximum atomic E-state index is 11.5. The largest absolute Gasteiger partial charge is 0.376 e. The molecule has 0 aromatic carbocycles. The fraction of sp³-hybridized carbons (Fsp3) is 0.714. The maximum absolute atomic E-state index is 11.5. The monoisotopic (exact) mass is 188 g/mol. The predicted molar refractivity (Wildman–Crippen MR) is 42.2 cm³/mol. The van der Waals surface area contributed by atoms with Crippen LogP contribution in [0.3, 0.4) is 0 Å². The third-order valence-electron chi connectivity index (χ3n) is 1.93. The second-order valence-corrected chi connectivity index (χ2v) is 3.10. The quantitative estimate of drug-likeness (QED) is 0.579. The van der Waals surface area contributed by atoms with Crippen molar-refractivity contribution in [3.63, 3.8) is 0 Å². The van der Waals surface area contributed by atoms with E-state index >= 15 is 0 Å². The van der Waals surface area contributed by atoms with Gasteiger partial charge in [0.1, 0.15) is 5.54 Å². The van der Waals surface area contributed by atoms with Gasteiger partial charge in [-0.2, -0.15) is 5.06 Å². The lowest BCUT2D eigenvalue weighted by molar-refractivity contribution is -0.162. The molecule has 1 aliphatic heterocycles. The highest BCUT2D eigenvalue weighted by atomic mass is 16.7. The van der Waals surface area contributed by atoms with Crippen LogP contribution in [0, 0.1) is 0 Å². The molecule has 6 heteroatoms. The summed E-state index contributed by atoms with van der Waals surface area (Å²) in [6, 6.07) is -0.611. The topological polar surface area (TPSA) is 59.1 Å². The summed E-state index contributed by atoms with van der Waals surface area (Å²) in [4.78, 5) is 32.3. The first kappa shape index (κ1) is 9.94. The van der Waals surface area contributed by atoms with E-state index in [2.05, 4.69) is 4.84 Å². The Kier molecular flexibility index (Phi) is 2.27. The Balaban J connectivity index is 3.03. The average molecular weight is 188 g/mol. The Morgan fingerprint density at radius 3 is 1.92 bits per heavy atom. The first-order valence-electron chi connectivity index (χ1n) is 3.73. The SMILES string of the molecule is CON1C(=O)N(OC)C(C)(C)C1=O. The van der Waals surface area contributed by atoms with Gasteiger partial charge < -0.3 is 0 Å². The molecule has 0 radical (unpaired) electrons. The minimum Gasteiger partial charge on any atom is -0.272 e. The van der Waals surface area contributed by atoms with Crippen molar-refractivity contribution in [3.8, 4) is 0 Å². The summed E-state index contributed by atoms with van der Waals surface area (Å²) in [5.74, 6) is -0.443. The number of carbonyl (C=O) groups is 2. The van der Waals surface area contributed by atoms with Gasteiger partial charge >= 0.3 is 6.03 Å². The third-order valence-corrected chi connectivity index (χ3v) is 1.93. The third kappa shape index (κ3) is 1.18. The van der Waals surface area contributed by atoms with Crippen LogP contribution in [0.2, 0.25) is 0 Å². The van der Waals surface area contributed by atoms with Crippen LogP contribution >= 0.6 is 0 Å². The van der Waals surface area contributed by atoms with Crippen LogP contribution in [-0.2, 0) is 14.5 Å². The molecule has 6 nitrogen and oxygen atoms in total. The van der Waals surface area contributed by atoms with Gasteiger partial charge in [-0.25, -0.2) is 4.79 Å². The zero-order chi connectivity index (χ0) is 10.2. The van der Waals surface area contributed by atoms with E-state index in [1.165, 1.54) is 14.2 Å². The van der Waals surface area contributed by atoms with Crippen molar-refractivity contribution in [3.05, 3.63) is 0 Å². The van der Waals surface area contributed by atoms with E-state index in [1.54, 1.807) is 13.8 Å². The Morgan fingerprint density at radius 1 is 1.15 bits per heavy atom. The van der Waals surface area contributed by atoms with Crippen molar-refractivity contribution >= 4 is 11.9 Å². The number of rotatable bonds is 2. The van der Waals surface area contributed by atoms with Crippen molar-refractivity contribution in [2.75, 3.05) is 14.2 Å². The molecule has 1 aliphatic rings. The number of imide groups is 1. The van der Waals surface area contributed by atoms with Gasteiger partial charge in [-0.15, -0.1) is 5.06 Å². The van der Waals surface area contributed by atoms with Gasteiger partial charge in [0.15, 0.2) is 0 Å². The zero-order valence-corrected chi connectivity index (χ0v) is 8.03.